The molecule has 1 amide bonds. The lowest BCUT2D eigenvalue weighted by Crippen LogP contribution is -2.42. The molecule has 0 aliphatic carbocycles. The monoisotopic (exact) mass is 326 g/mol. The maximum absolute atomic E-state index is 12.2. The molecule has 0 spiro atoms. The first-order valence-corrected chi connectivity index (χ1v) is 8.14. The Labute approximate surface area is 134 Å². The SMILES string of the molecule is COC(=O)c1cnc([C@@H]2CCCN(C(=O)OC(C)(C)C)C2)s1. The van der Waals surface area contributed by atoms with E-state index in [1.807, 2.05) is 20.8 Å². The number of piperidine rings is 1. The molecule has 6 nitrogen and oxygen atoms in total. The summed E-state index contributed by atoms with van der Waals surface area (Å²) in [4.78, 5) is 30.2. The van der Waals surface area contributed by atoms with Crippen LogP contribution < -0.4 is 0 Å². The Morgan fingerprint density at radius 2 is 2.14 bits per heavy atom. The van der Waals surface area contributed by atoms with Gasteiger partial charge in [-0.1, -0.05) is 0 Å². The molecule has 22 heavy (non-hydrogen) atoms. The number of carbonyl (C=O) groups is 2. The molecule has 122 valence electrons. The van der Waals surface area contributed by atoms with Gasteiger partial charge in [0, 0.05) is 19.0 Å². The van der Waals surface area contributed by atoms with Crippen LogP contribution >= 0.6 is 11.3 Å². The Morgan fingerprint density at radius 1 is 1.41 bits per heavy atom. The average molecular weight is 326 g/mol. The molecule has 0 radical (unpaired) electrons. The lowest BCUT2D eigenvalue weighted by molar-refractivity contribution is 0.0198. The van der Waals surface area contributed by atoms with Crippen LogP contribution in [0.4, 0.5) is 4.79 Å². The molecule has 1 saturated heterocycles. The van der Waals surface area contributed by atoms with Crippen molar-refractivity contribution < 1.29 is 19.1 Å². The van der Waals surface area contributed by atoms with Crippen LogP contribution in [-0.2, 0) is 9.47 Å². The number of aromatic nitrogens is 1. The largest absolute Gasteiger partial charge is 0.465 e. The van der Waals surface area contributed by atoms with Crippen molar-refractivity contribution in [3.05, 3.63) is 16.1 Å². The number of methoxy groups -OCH3 is 1. The Balaban J connectivity index is 2.03. The highest BCUT2D eigenvalue weighted by Crippen LogP contribution is 2.30. The minimum atomic E-state index is -0.497. The molecule has 0 unspecified atom stereocenters. The summed E-state index contributed by atoms with van der Waals surface area (Å²) in [7, 11) is 1.35. The number of esters is 1. The van der Waals surface area contributed by atoms with Gasteiger partial charge in [0.25, 0.3) is 0 Å². The van der Waals surface area contributed by atoms with E-state index in [2.05, 4.69) is 4.98 Å². The quantitative estimate of drug-likeness (QED) is 0.781. The zero-order valence-corrected chi connectivity index (χ0v) is 14.2. The van der Waals surface area contributed by atoms with E-state index in [4.69, 9.17) is 9.47 Å². The maximum Gasteiger partial charge on any atom is 0.410 e. The Hall–Kier alpha value is -1.63. The van der Waals surface area contributed by atoms with Gasteiger partial charge in [0.2, 0.25) is 0 Å². The number of likely N-dealkylation sites (tertiary alicyclic amines) is 1. The number of carbonyl (C=O) groups excluding carboxylic acids is 2. The molecule has 2 heterocycles. The zero-order chi connectivity index (χ0) is 16.3. The predicted octanol–water partition coefficient (Wildman–Crippen LogP) is 3.04. The van der Waals surface area contributed by atoms with Crippen LogP contribution in [0.2, 0.25) is 0 Å². The summed E-state index contributed by atoms with van der Waals surface area (Å²) >= 11 is 1.33. The number of nitrogens with zero attached hydrogens (tertiary/aromatic N) is 2. The van der Waals surface area contributed by atoms with E-state index >= 15 is 0 Å². The average Bonchev–Trinajstić information content (AvgIpc) is 2.94. The minimum absolute atomic E-state index is 0.143. The van der Waals surface area contributed by atoms with Crippen molar-refractivity contribution in [2.24, 2.45) is 0 Å². The van der Waals surface area contributed by atoms with Crippen molar-refractivity contribution in [3.8, 4) is 0 Å². The second-order valence-electron chi connectivity index (χ2n) is 6.32. The number of thiazole rings is 1. The van der Waals surface area contributed by atoms with E-state index in [-0.39, 0.29) is 18.0 Å². The minimum Gasteiger partial charge on any atom is -0.465 e. The van der Waals surface area contributed by atoms with Gasteiger partial charge in [-0.25, -0.2) is 14.6 Å². The summed E-state index contributed by atoms with van der Waals surface area (Å²) in [5.41, 5.74) is -0.497. The third kappa shape index (κ3) is 4.19. The Kier molecular flexibility index (Phi) is 5.05. The van der Waals surface area contributed by atoms with E-state index in [9.17, 15) is 9.59 Å². The second-order valence-corrected chi connectivity index (χ2v) is 7.38. The molecule has 1 aliphatic rings. The normalized spacial score (nSPS) is 18.9. The van der Waals surface area contributed by atoms with Crippen molar-refractivity contribution >= 4 is 23.4 Å². The molecule has 0 saturated carbocycles. The smallest absolute Gasteiger partial charge is 0.410 e. The molecule has 0 N–H and O–H groups in total. The molecule has 1 fully saturated rings. The van der Waals surface area contributed by atoms with Crippen molar-refractivity contribution in [1.29, 1.82) is 0 Å². The number of rotatable bonds is 2. The fraction of sp³-hybridized carbons (Fsp3) is 0.667. The summed E-state index contributed by atoms with van der Waals surface area (Å²) in [6.07, 6.45) is 3.10. The molecule has 1 atom stereocenters. The van der Waals surface area contributed by atoms with Gasteiger partial charge in [0.1, 0.15) is 10.5 Å². The fourth-order valence-electron chi connectivity index (χ4n) is 2.34. The third-order valence-corrected chi connectivity index (χ3v) is 4.47. The van der Waals surface area contributed by atoms with E-state index in [0.717, 1.165) is 17.8 Å². The Bertz CT molecular complexity index is 550. The number of amides is 1. The second kappa shape index (κ2) is 6.64. The van der Waals surface area contributed by atoms with E-state index < -0.39 is 5.60 Å². The molecule has 7 heteroatoms. The van der Waals surface area contributed by atoms with Crippen LogP contribution in [0.15, 0.2) is 6.20 Å². The Morgan fingerprint density at radius 3 is 2.77 bits per heavy atom. The summed E-state index contributed by atoms with van der Waals surface area (Å²) < 4.78 is 10.1. The van der Waals surface area contributed by atoms with Gasteiger partial charge in [-0.3, -0.25) is 0 Å². The predicted molar refractivity (Wildman–Crippen MR) is 83.2 cm³/mol. The first-order valence-electron chi connectivity index (χ1n) is 7.32. The van der Waals surface area contributed by atoms with Crippen LogP contribution in [0.5, 0.6) is 0 Å². The van der Waals surface area contributed by atoms with Crippen LogP contribution in [0, 0.1) is 0 Å². The van der Waals surface area contributed by atoms with Crippen LogP contribution in [0.1, 0.15) is 54.2 Å². The van der Waals surface area contributed by atoms with Gasteiger partial charge in [-0.2, -0.15) is 0 Å². The first-order chi connectivity index (χ1) is 10.3. The summed E-state index contributed by atoms with van der Waals surface area (Å²) in [5, 5.41) is 0.869. The molecule has 0 bridgehead atoms. The number of hydrogen-bond donors (Lipinski definition) is 0. The maximum atomic E-state index is 12.2. The molecule has 1 aromatic heterocycles. The summed E-state index contributed by atoms with van der Waals surface area (Å²) in [5.74, 6) is -0.228. The highest BCUT2D eigenvalue weighted by Gasteiger charge is 2.30. The molecular weight excluding hydrogens is 304 g/mol. The van der Waals surface area contributed by atoms with Gasteiger partial charge < -0.3 is 14.4 Å². The molecule has 1 aromatic rings. The molecule has 2 rings (SSSR count). The van der Waals surface area contributed by atoms with Gasteiger partial charge in [-0.15, -0.1) is 11.3 Å². The van der Waals surface area contributed by atoms with Gasteiger partial charge in [-0.05, 0) is 33.6 Å². The van der Waals surface area contributed by atoms with E-state index in [0.29, 0.717) is 18.0 Å². The number of ether oxygens (including phenoxy) is 2. The van der Waals surface area contributed by atoms with E-state index in [1.165, 1.54) is 24.6 Å². The van der Waals surface area contributed by atoms with Gasteiger partial charge >= 0.3 is 12.1 Å². The fourth-order valence-corrected chi connectivity index (χ4v) is 3.30. The molecule has 1 aliphatic heterocycles. The zero-order valence-electron chi connectivity index (χ0n) is 13.4. The van der Waals surface area contributed by atoms with E-state index in [1.54, 1.807) is 4.90 Å². The van der Waals surface area contributed by atoms with Crippen molar-refractivity contribution in [3.63, 3.8) is 0 Å². The summed E-state index contributed by atoms with van der Waals surface area (Å²) in [6, 6.07) is 0. The first kappa shape index (κ1) is 16.7. The van der Waals surface area contributed by atoms with Gasteiger partial charge in [0.15, 0.2) is 0 Å². The van der Waals surface area contributed by atoms with Crippen molar-refractivity contribution in [1.82, 2.24) is 9.88 Å². The third-order valence-electron chi connectivity index (χ3n) is 3.33. The summed E-state index contributed by atoms with van der Waals surface area (Å²) in [6.45, 7) is 6.84. The molecular formula is C15H22N2O4S. The standard InChI is InChI=1S/C15H22N2O4S/c1-15(2,3)21-14(19)17-7-5-6-10(9-17)12-16-8-11(22-12)13(18)20-4/h8,10H,5-7,9H2,1-4H3/t10-/m1/s1. The van der Waals surface area contributed by atoms with Crippen LogP contribution in [0.3, 0.4) is 0 Å². The lowest BCUT2D eigenvalue weighted by Gasteiger charge is -2.33. The molecule has 0 aromatic carbocycles. The van der Waals surface area contributed by atoms with Crippen molar-refractivity contribution in [2.45, 2.75) is 45.1 Å². The highest BCUT2D eigenvalue weighted by molar-refractivity contribution is 7.13. The van der Waals surface area contributed by atoms with Crippen LogP contribution in [-0.4, -0.2) is 47.7 Å². The topological polar surface area (TPSA) is 68.7 Å². The highest BCUT2D eigenvalue weighted by atomic mass is 32.1. The number of hydrogen-bond acceptors (Lipinski definition) is 6. The van der Waals surface area contributed by atoms with Crippen molar-refractivity contribution in [2.75, 3.05) is 20.2 Å². The van der Waals surface area contributed by atoms with Gasteiger partial charge in [0.05, 0.1) is 18.3 Å². The lowest BCUT2D eigenvalue weighted by atomic mass is 9.99. The van der Waals surface area contributed by atoms with Crippen LogP contribution in [0.25, 0.3) is 0 Å².